The molecule has 1 unspecified atom stereocenters. The van der Waals surface area contributed by atoms with Crippen LogP contribution in [-0.4, -0.2) is 12.3 Å². The Morgan fingerprint density at radius 3 is 2.50 bits per heavy atom. The second-order valence-electron chi connectivity index (χ2n) is 4.71. The predicted molar refractivity (Wildman–Crippen MR) is 81.4 cm³/mol. The summed E-state index contributed by atoms with van der Waals surface area (Å²) in [6, 6.07) is 11.5. The number of hydrogen-bond donors (Lipinski definition) is 1. The fourth-order valence-corrected chi connectivity index (χ4v) is 2.29. The molecule has 0 bridgehead atoms. The van der Waals surface area contributed by atoms with Crippen molar-refractivity contribution in [2.45, 2.75) is 12.8 Å². The normalized spacial score (nSPS) is 12.2. The Bertz CT molecular complexity index is 625. The van der Waals surface area contributed by atoms with Gasteiger partial charge in [0, 0.05) is 10.0 Å². The van der Waals surface area contributed by atoms with Crippen LogP contribution < -0.4 is 5.73 Å². The molecule has 1 atom stereocenters. The van der Waals surface area contributed by atoms with Gasteiger partial charge < -0.3 is 5.73 Å². The van der Waals surface area contributed by atoms with E-state index in [9.17, 15) is 9.18 Å². The van der Waals surface area contributed by atoms with Crippen molar-refractivity contribution in [3.05, 3.63) is 69.4 Å². The lowest BCUT2D eigenvalue weighted by atomic mass is 9.97. The molecule has 0 aromatic heterocycles. The Labute approximate surface area is 125 Å². The predicted octanol–water partition coefficient (Wildman–Crippen LogP) is 3.88. The Hall–Kier alpha value is -1.52. The molecule has 0 radical (unpaired) electrons. The van der Waals surface area contributed by atoms with Crippen LogP contribution in [0, 0.1) is 5.82 Å². The molecule has 0 heterocycles. The van der Waals surface area contributed by atoms with Gasteiger partial charge in [-0.1, -0.05) is 47.1 Å². The van der Waals surface area contributed by atoms with E-state index in [4.69, 9.17) is 5.73 Å². The van der Waals surface area contributed by atoms with Gasteiger partial charge in [-0.15, -0.1) is 0 Å². The van der Waals surface area contributed by atoms with Gasteiger partial charge in [-0.2, -0.15) is 0 Å². The van der Waals surface area contributed by atoms with Crippen LogP contribution in [0.4, 0.5) is 4.39 Å². The van der Waals surface area contributed by atoms with Crippen molar-refractivity contribution in [1.82, 2.24) is 0 Å². The lowest BCUT2D eigenvalue weighted by Gasteiger charge is -2.09. The number of nitrogens with two attached hydrogens (primary N) is 1. The van der Waals surface area contributed by atoms with Gasteiger partial charge in [-0.25, -0.2) is 4.39 Å². The van der Waals surface area contributed by atoms with Crippen LogP contribution in [0.15, 0.2) is 46.9 Å². The van der Waals surface area contributed by atoms with Crippen LogP contribution in [0.2, 0.25) is 0 Å². The van der Waals surface area contributed by atoms with Crippen LogP contribution in [-0.2, 0) is 0 Å². The third-order valence-electron chi connectivity index (χ3n) is 3.27. The molecule has 2 N–H and O–H groups in total. The van der Waals surface area contributed by atoms with E-state index in [1.807, 2.05) is 19.1 Å². The highest BCUT2D eigenvalue weighted by Gasteiger charge is 2.14. The number of carbonyl (C=O) groups excluding carboxylic acids is 1. The molecule has 2 rings (SSSR count). The maximum absolute atomic E-state index is 13.7. The van der Waals surface area contributed by atoms with E-state index in [0.29, 0.717) is 16.6 Å². The van der Waals surface area contributed by atoms with E-state index < -0.39 is 5.82 Å². The summed E-state index contributed by atoms with van der Waals surface area (Å²) in [7, 11) is 0. The van der Waals surface area contributed by atoms with Crippen LogP contribution >= 0.6 is 15.9 Å². The van der Waals surface area contributed by atoms with Gasteiger partial charge in [-0.05, 0) is 36.2 Å². The summed E-state index contributed by atoms with van der Waals surface area (Å²) in [4.78, 5) is 12.3. The topological polar surface area (TPSA) is 43.1 Å². The molecule has 0 amide bonds. The highest BCUT2D eigenvalue weighted by molar-refractivity contribution is 9.10. The number of carbonyl (C=O) groups is 1. The van der Waals surface area contributed by atoms with Crippen LogP contribution in [0.1, 0.15) is 34.3 Å². The van der Waals surface area contributed by atoms with Crippen molar-refractivity contribution in [1.29, 1.82) is 0 Å². The fourth-order valence-electron chi connectivity index (χ4n) is 1.93. The lowest BCUT2D eigenvalue weighted by Crippen LogP contribution is -2.09. The molecule has 0 spiro atoms. The zero-order valence-electron chi connectivity index (χ0n) is 11.1. The minimum Gasteiger partial charge on any atom is -0.330 e. The summed E-state index contributed by atoms with van der Waals surface area (Å²) < 4.78 is 14.4. The molecule has 20 heavy (non-hydrogen) atoms. The van der Waals surface area contributed by atoms with Crippen molar-refractivity contribution in [3.8, 4) is 0 Å². The first kappa shape index (κ1) is 14.9. The molecule has 0 aliphatic heterocycles. The largest absolute Gasteiger partial charge is 0.330 e. The number of ketones is 1. The second-order valence-corrected chi connectivity index (χ2v) is 5.63. The van der Waals surface area contributed by atoms with E-state index in [0.717, 1.165) is 5.56 Å². The van der Waals surface area contributed by atoms with Gasteiger partial charge >= 0.3 is 0 Å². The third-order valence-corrected chi connectivity index (χ3v) is 3.76. The molecular weight excluding hydrogens is 321 g/mol. The summed E-state index contributed by atoms with van der Waals surface area (Å²) in [5.74, 6) is -0.602. The lowest BCUT2D eigenvalue weighted by molar-refractivity contribution is 0.103. The van der Waals surface area contributed by atoms with Crippen molar-refractivity contribution >= 4 is 21.7 Å². The van der Waals surface area contributed by atoms with Gasteiger partial charge in [0.1, 0.15) is 5.82 Å². The maximum atomic E-state index is 13.7. The van der Waals surface area contributed by atoms with Gasteiger partial charge in [0.25, 0.3) is 0 Å². The van der Waals surface area contributed by atoms with Crippen LogP contribution in [0.5, 0.6) is 0 Å². The molecular formula is C16H15BrFNO. The molecule has 0 fully saturated rings. The summed E-state index contributed by atoms with van der Waals surface area (Å²) in [6.45, 7) is 2.57. The SMILES string of the molecule is CC(CN)c1ccc(C(=O)c2cc(Br)ccc2F)cc1. The summed E-state index contributed by atoms with van der Waals surface area (Å²) in [5, 5.41) is 0. The van der Waals surface area contributed by atoms with Crippen molar-refractivity contribution < 1.29 is 9.18 Å². The van der Waals surface area contributed by atoms with E-state index in [2.05, 4.69) is 15.9 Å². The van der Waals surface area contributed by atoms with E-state index >= 15 is 0 Å². The van der Waals surface area contributed by atoms with Gasteiger partial charge in [0.05, 0.1) is 5.56 Å². The quantitative estimate of drug-likeness (QED) is 0.861. The smallest absolute Gasteiger partial charge is 0.196 e. The van der Waals surface area contributed by atoms with Gasteiger partial charge in [0.2, 0.25) is 0 Å². The molecule has 0 saturated carbocycles. The monoisotopic (exact) mass is 335 g/mol. The molecule has 2 aromatic rings. The maximum Gasteiger partial charge on any atom is 0.196 e. The first-order chi connectivity index (χ1) is 9.52. The number of benzene rings is 2. The number of halogens is 2. The zero-order chi connectivity index (χ0) is 14.7. The van der Waals surface area contributed by atoms with E-state index in [1.165, 1.54) is 12.1 Å². The molecule has 0 aliphatic carbocycles. The first-order valence-corrected chi connectivity index (χ1v) is 7.12. The molecule has 0 saturated heterocycles. The summed E-state index contributed by atoms with van der Waals surface area (Å²) in [5.41, 5.74) is 7.21. The molecule has 4 heteroatoms. The second kappa shape index (κ2) is 6.29. The molecule has 2 nitrogen and oxygen atoms in total. The van der Waals surface area contributed by atoms with Crippen molar-refractivity contribution in [3.63, 3.8) is 0 Å². The van der Waals surface area contributed by atoms with Gasteiger partial charge in [0.15, 0.2) is 5.78 Å². The third kappa shape index (κ3) is 3.14. The van der Waals surface area contributed by atoms with Crippen LogP contribution in [0.3, 0.4) is 0 Å². The highest BCUT2D eigenvalue weighted by Crippen LogP contribution is 2.20. The Morgan fingerprint density at radius 2 is 1.90 bits per heavy atom. The fraction of sp³-hybridized carbons (Fsp3) is 0.188. The minimum absolute atomic E-state index is 0.0685. The van der Waals surface area contributed by atoms with Crippen molar-refractivity contribution in [2.75, 3.05) is 6.54 Å². The van der Waals surface area contributed by atoms with E-state index in [-0.39, 0.29) is 17.3 Å². The first-order valence-electron chi connectivity index (χ1n) is 6.32. The Morgan fingerprint density at radius 1 is 1.25 bits per heavy atom. The molecule has 2 aromatic carbocycles. The highest BCUT2D eigenvalue weighted by atomic mass is 79.9. The van der Waals surface area contributed by atoms with E-state index in [1.54, 1.807) is 18.2 Å². The minimum atomic E-state index is -0.516. The summed E-state index contributed by atoms with van der Waals surface area (Å²) in [6.07, 6.45) is 0. The Balaban J connectivity index is 2.32. The molecule has 0 aliphatic rings. The number of rotatable bonds is 4. The van der Waals surface area contributed by atoms with Crippen molar-refractivity contribution in [2.24, 2.45) is 5.73 Å². The average molecular weight is 336 g/mol. The zero-order valence-corrected chi connectivity index (χ0v) is 12.7. The summed E-state index contributed by atoms with van der Waals surface area (Å²) >= 11 is 3.24. The average Bonchev–Trinajstić information content (AvgIpc) is 2.48. The Kier molecular flexibility index (Phi) is 4.68. The van der Waals surface area contributed by atoms with Crippen LogP contribution in [0.25, 0.3) is 0 Å². The standard InChI is InChI=1S/C16H15BrFNO/c1-10(9-19)11-2-4-12(5-3-11)16(20)14-8-13(17)6-7-15(14)18/h2-8,10H,9,19H2,1H3. The molecule has 104 valence electrons. The van der Waals surface area contributed by atoms with Gasteiger partial charge in [-0.3, -0.25) is 4.79 Å². The number of hydrogen-bond acceptors (Lipinski definition) is 2.